The third-order valence-electron chi connectivity index (χ3n) is 2.52. The van der Waals surface area contributed by atoms with Gasteiger partial charge in [0.2, 0.25) is 5.70 Å². The summed E-state index contributed by atoms with van der Waals surface area (Å²) in [6, 6.07) is 4.22. The van der Waals surface area contributed by atoms with Gasteiger partial charge in [0.1, 0.15) is 0 Å². The monoisotopic (exact) mass is 287 g/mol. The molecule has 0 aromatic heterocycles. The van der Waals surface area contributed by atoms with Crippen LogP contribution < -0.4 is 9.47 Å². The van der Waals surface area contributed by atoms with Crippen LogP contribution in [0.2, 0.25) is 0 Å². The second kappa shape index (κ2) is 6.83. The number of ether oxygens (including phenoxy) is 2. The number of rotatable bonds is 6. The van der Waals surface area contributed by atoms with E-state index < -0.39 is 11.5 Å². The molecule has 0 saturated heterocycles. The lowest BCUT2D eigenvalue weighted by Gasteiger charge is -2.10. The van der Waals surface area contributed by atoms with Gasteiger partial charge in [-0.3, -0.25) is 10.1 Å². The quantitative estimate of drug-likeness (QED) is 0.592. The topological polar surface area (TPSA) is 61.6 Å². The SMILES string of the molecule is COc1ccc(/C=C(/C(C)C)[N+](=O)[O-])cc1OC(F)F. The molecule has 0 bridgehead atoms. The molecule has 0 atom stereocenters. The van der Waals surface area contributed by atoms with Gasteiger partial charge in [-0.25, -0.2) is 0 Å². The lowest BCUT2D eigenvalue weighted by atomic mass is 10.1. The van der Waals surface area contributed by atoms with Gasteiger partial charge in [0, 0.05) is 12.0 Å². The highest BCUT2D eigenvalue weighted by molar-refractivity contribution is 5.57. The van der Waals surface area contributed by atoms with E-state index in [-0.39, 0.29) is 23.1 Å². The molecule has 1 rings (SSSR count). The van der Waals surface area contributed by atoms with Crippen molar-refractivity contribution in [2.45, 2.75) is 20.5 Å². The predicted molar refractivity (Wildman–Crippen MR) is 69.4 cm³/mol. The zero-order valence-corrected chi connectivity index (χ0v) is 11.3. The van der Waals surface area contributed by atoms with Crippen molar-refractivity contribution in [1.29, 1.82) is 0 Å². The summed E-state index contributed by atoms with van der Waals surface area (Å²) in [5, 5.41) is 10.9. The van der Waals surface area contributed by atoms with E-state index in [4.69, 9.17) is 4.74 Å². The summed E-state index contributed by atoms with van der Waals surface area (Å²) < 4.78 is 33.8. The Morgan fingerprint density at radius 3 is 2.45 bits per heavy atom. The zero-order chi connectivity index (χ0) is 15.3. The second-order valence-corrected chi connectivity index (χ2v) is 4.27. The first-order valence-corrected chi connectivity index (χ1v) is 5.84. The zero-order valence-electron chi connectivity index (χ0n) is 11.3. The van der Waals surface area contributed by atoms with Crippen LogP contribution in [0.3, 0.4) is 0 Å². The van der Waals surface area contributed by atoms with E-state index >= 15 is 0 Å². The van der Waals surface area contributed by atoms with Crippen LogP contribution >= 0.6 is 0 Å². The average Bonchev–Trinajstić information content (AvgIpc) is 2.34. The van der Waals surface area contributed by atoms with Gasteiger partial charge in [-0.2, -0.15) is 8.78 Å². The van der Waals surface area contributed by atoms with Gasteiger partial charge in [0.25, 0.3) is 0 Å². The molecule has 0 amide bonds. The molecule has 0 fully saturated rings. The minimum atomic E-state index is -3.00. The van der Waals surface area contributed by atoms with Crippen molar-refractivity contribution < 1.29 is 23.2 Å². The normalized spacial score (nSPS) is 11.8. The molecule has 1 aromatic carbocycles. The molecular formula is C13H15F2NO4. The van der Waals surface area contributed by atoms with Gasteiger partial charge < -0.3 is 9.47 Å². The lowest BCUT2D eigenvalue weighted by Crippen LogP contribution is -2.06. The van der Waals surface area contributed by atoms with Crippen LogP contribution in [0.4, 0.5) is 8.78 Å². The average molecular weight is 287 g/mol. The van der Waals surface area contributed by atoms with E-state index in [0.29, 0.717) is 5.56 Å². The maximum atomic E-state index is 12.3. The van der Waals surface area contributed by atoms with Crippen LogP contribution in [0.1, 0.15) is 19.4 Å². The maximum Gasteiger partial charge on any atom is 0.387 e. The summed E-state index contributed by atoms with van der Waals surface area (Å²) in [5.41, 5.74) is 0.375. The van der Waals surface area contributed by atoms with Gasteiger partial charge in [-0.05, 0) is 17.7 Å². The highest BCUT2D eigenvalue weighted by Gasteiger charge is 2.17. The predicted octanol–water partition coefficient (Wildman–Crippen LogP) is 3.57. The maximum absolute atomic E-state index is 12.3. The number of nitrogens with zero attached hydrogens (tertiary/aromatic N) is 1. The summed E-state index contributed by atoms with van der Waals surface area (Å²) >= 11 is 0. The molecule has 0 aliphatic heterocycles. The van der Waals surface area contributed by atoms with Crippen molar-refractivity contribution in [3.05, 3.63) is 39.6 Å². The number of nitro groups is 1. The fraction of sp³-hybridized carbons (Fsp3) is 0.385. The number of hydrogen-bond donors (Lipinski definition) is 0. The fourth-order valence-electron chi connectivity index (χ4n) is 1.57. The first-order valence-electron chi connectivity index (χ1n) is 5.84. The summed E-state index contributed by atoms with van der Waals surface area (Å²) in [6.07, 6.45) is 1.32. The lowest BCUT2D eigenvalue weighted by molar-refractivity contribution is -0.431. The molecule has 1 aromatic rings. The largest absolute Gasteiger partial charge is 0.493 e. The highest BCUT2D eigenvalue weighted by atomic mass is 19.3. The minimum Gasteiger partial charge on any atom is -0.493 e. The molecule has 5 nitrogen and oxygen atoms in total. The van der Waals surface area contributed by atoms with E-state index in [1.165, 1.54) is 31.4 Å². The molecule has 0 aliphatic carbocycles. The molecule has 0 N–H and O–H groups in total. The van der Waals surface area contributed by atoms with E-state index in [1.54, 1.807) is 13.8 Å². The van der Waals surface area contributed by atoms with Crippen LogP contribution in [0, 0.1) is 16.0 Å². The van der Waals surface area contributed by atoms with E-state index in [2.05, 4.69) is 4.74 Å². The fourth-order valence-corrected chi connectivity index (χ4v) is 1.57. The molecule has 0 radical (unpaired) electrons. The van der Waals surface area contributed by atoms with Gasteiger partial charge in [-0.1, -0.05) is 19.9 Å². The molecule has 20 heavy (non-hydrogen) atoms. The van der Waals surface area contributed by atoms with Crippen molar-refractivity contribution in [3.63, 3.8) is 0 Å². The molecule has 0 saturated carbocycles. The van der Waals surface area contributed by atoms with Crippen molar-refractivity contribution >= 4 is 6.08 Å². The van der Waals surface area contributed by atoms with Crippen LogP contribution in [0.5, 0.6) is 11.5 Å². The number of alkyl halides is 2. The smallest absolute Gasteiger partial charge is 0.387 e. The first kappa shape index (κ1) is 15.9. The van der Waals surface area contributed by atoms with Gasteiger partial charge in [-0.15, -0.1) is 0 Å². The molecule has 0 heterocycles. The number of halogens is 2. The Kier molecular flexibility index (Phi) is 5.42. The van der Waals surface area contributed by atoms with Crippen molar-refractivity contribution in [2.24, 2.45) is 5.92 Å². The third kappa shape index (κ3) is 4.18. The summed E-state index contributed by atoms with van der Waals surface area (Å²) in [7, 11) is 1.32. The van der Waals surface area contributed by atoms with Gasteiger partial charge >= 0.3 is 6.61 Å². The Balaban J connectivity index is 3.19. The Hall–Kier alpha value is -2.18. The summed E-state index contributed by atoms with van der Waals surface area (Å²) in [4.78, 5) is 10.4. The highest BCUT2D eigenvalue weighted by Crippen LogP contribution is 2.30. The molecule has 110 valence electrons. The molecular weight excluding hydrogens is 272 g/mol. The Bertz CT molecular complexity index is 515. The van der Waals surface area contributed by atoms with Crippen LogP contribution in [-0.2, 0) is 0 Å². The molecule has 0 unspecified atom stereocenters. The van der Waals surface area contributed by atoms with E-state index in [9.17, 15) is 18.9 Å². The van der Waals surface area contributed by atoms with Crippen molar-refractivity contribution in [1.82, 2.24) is 0 Å². The number of benzene rings is 1. The standard InChI is InChI=1S/C13H15F2NO4/c1-8(2)10(16(17)18)6-9-4-5-11(19-3)12(7-9)20-13(14)15/h4-8,13H,1-3H3/b10-6-. The number of hydrogen-bond acceptors (Lipinski definition) is 4. The van der Waals surface area contributed by atoms with Crippen LogP contribution in [-0.4, -0.2) is 18.6 Å². The Morgan fingerprint density at radius 1 is 1.35 bits per heavy atom. The Labute approximate surface area is 115 Å². The van der Waals surface area contributed by atoms with E-state index in [1.807, 2.05) is 0 Å². The second-order valence-electron chi connectivity index (χ2n) is 4.27. The van der Waals surface area contributed by atoms with Crippen molar-refractivity contribution in [3.8, 4) is 11.5 Å². The Morgan fingerprint density at radius 2 is 2.00 bits per heavy atom. The minimum absolute atomic E-state index is 0.0156. The number of allylic oxidation sites excluding steroid dienone is 1. The summed E-state index contributed by atoms with van der Waals surface area (Å²) in [5.74, 6) is -0.330. The van der Waals surface area contributed by atoms with Gasteiger partial charge in [0.15, 0.2) is 11.5 Å². The van der Waals surface area contributed by atoms with E-state index in [0.717, 1.165) is 0 Å². The molecule has 0 aliphatic rings. The number of methoxy groups -OCH3 is 1. The van der Waals surface area contributed by atoms with Crippen LogP contribution in [0.25, 0.3) is 6.08 Å². The van der Waals surface area contributed by atoms with Crippen LogP contribution in [0.15, 0.2) is 23.9 Å². The third-order valence-corrected chi connectivity index (χ3v) is 2.52. The molecule has 0 spiro atoms. The van der Waals surface area contributed by atoms with Gasteiger partial charge in [0.05, 0.1) is 12.0 Å². The molecule has 7 heteroatoms. The van der Waals surface area contributed by atoms with Crippen molar-refractivity contribution in [2.75, 3.05) is 7.11 Å². The first-order chi connectivity index (χ1) is 9.35. The summed E-state index contributed by atoms with van der Waals surface area (Å²) in [6.45, 7) is 0.354.